The van der Waals surface area contributed by atoms with Crippen LogP contribution in [-0.2, 0) is 24.4 Å². The average molecular weight is 286 g/mol. The number of carboxylic acid groups (broad SMARTS) is 1. The number of aliphatic carboxylic acids is 1. The SMILES string of the molecule is C=CC(=O)OCCC(=O)O.N.NCCS(=O)(=O)O. The monoisotopic (exact) mass is 286 g/mol. The molecule has 0 aromatic rings. The fourth-order valence-corrected chi connectivity index (χ4v) is 0.745. The van der Waals surface area contributed by atoms with E-state index in [1.165, 1.54) is 0 Å². The molecule has 0 heterocycles. The van der Waals surface area contributed by atoms with Gasteiger partial charge in [-0.25, -0.2) is 4.79 Å². The lowest BCUT2D eigenvalue weighted by molar-refractivity contribution is -0.142. The van der Waals surface area contributed by atoms with Gasteiger partial charge in [0.05, 0.1) is 12.2 Å². The van der Waals surface area contributed by atoms with Gasteiger partial charge in [-0.15, -0.1) is 0 Å². The largest absolute Gasteiger partial charge is 0.481 e. The molecule has 0 aliphatic rings. The summed E-state index contributed by atoms with van der Waals surface area (Å²) in [6.45, 7) is 3.01. The second-order valence-corrected chi connectivity index (χ2v) is 4.16. The van der Waals surface area contributed by atoms with Crippen molar-refractivity contribution >= 4 is 22.1 Å². The molecule has 0 saturated heterocycles. The van der Waals surface area contributed by atoms with Crippen molar-refractivity contribution in [2.75, 3.05) is 18.9 Å². The molecule has 0 aliphatic carbocycles. The molecule has 7 N–H and O–H groups in total. The van der Waals surface area contributed by atoms with Crippen molar-refractivity contribution in [3.63, 3.8) is 0 Å². The zero-order valence-electron chi connectivity index (χ0n) is 9.74. The average Bonchev–Trinajstić information content (AvgIpc) is 2.16. The molecular formula is C8H18N2O7S. The predicted octanol–water partition coefficient (Wildman–Crippen LogP) is -0.815. The van der Waals surface area contributed by atoms with Gasteiger partial charge in [0.15, 0.2) is 0 Å². The lowest BCUT2D eigenvalue weighted by Crippen LogP contribution is -2.13. The van der Waals surface area contributed by atoms with Crippen LogP contribution in [0.4, 0.5) is 0 Å². The molecule has 0 bridgehead atoms. The van der Waals surface area contributed by atoms with Crippen LogP contribution in [0, 0.1) is 0 Å². The summed E-state index contributed by atoms with van der Waals surface area (Å²) in [6.07, 6.45) is 0.821. The summed E-state index contributed by atoms with van der Waals surface area (Å²) in [5.74, 6) is -1.94. The highest BCUT2D eigenvalue weighted by molar-refractivity contribution is 7.85. The topological polar surface area (TPSA) is 179 Å². The zero-order valence-corrected chi connectivity index (χ0v) is 10.6. The van der Waals surface area contributed by atoms with E-state index in [0.717, 1.165) is 6.08 Å². The molecule has 0 amide bonds. The third kappa shape index (κ3) is 24.0. The maximum absolute atomic E-state index is 10.3. The van der Waals surface area contributed by atoms with E-state index in [1.54, 1.807) is 0 Å². The number of esters is 1. The summed E-state index contributed by atoms with van der Waals surface area (Å²) in [5, 5.41) is 8.08. The number of rotatable bonds is 6. The predicted molar refractivity (Wildman–Crippen MR) is 63.9 cm³/mol. The Labute approximate surface area is 105 Å². The van der Waals surface area contributed by atoms with E-state index in [9.17, 15) is 18.0 Å². The van der Waals surface area contributed by atoms with Crippen LogP contribution >= 0.6 is 0 Å². The van der Waals surface area contributed by atoms with Gasteiger partial charge in [-0.1, -0.05) is 6.58 Å². The van der Waals surface area contributed by atoms with Crippen molar-refractivity contribution < 1.29 is 32.4 Å². The number of nitrogens with two attached hydrogens (primary N) is 1. The molecule has 0 aliphatic heterocycles. The number of hydrogen-bond donors (Lipinski definition) is 4. The molecule has 18 heavy (non-hydrogen) atoms. The molecule has 0 aromatic carbocycles. The van der Waals surface area contributed by atoms with Crippen molar-refractivity contribution in [1.29, 1.82) is 0 Å². The number of hydrogen-bond acceptors (Lipinski definition) is 7. The quantitative estimate of drug-likeness (QED) is 0.275. The fraction of sp³-hybridized carbons (Fsp3) is 0.500. The van der Waals surface area contributed by atoms with Gasteiger partial charge in [0.1, 0.15) is 6.61 Å². The molecule has 0 atom stereocenters. The number of carboxylic acids is 1. The van der Waals surface area contributed by atoms with Crippen LogP contribution in [0.15, 0.2) is 12.7 Å². The number of carbonyl (C=O) groups excluding carboxylic acids is 1. The molecule has 9 nitrogen and oxygen atoms in total. The molecule has 108 valence electrons. The first-order valence-corrected chi connectivity index (χ1v) is 6.00. The Morgan fingerprint density at radius 1 is 1.39 bits per heavy atom. The van der Waals surface area contributed by atoms with Gasteiger partial charge in [-0.3, -0.25) is 9.35 Å². The van der Waals surface area contributed by atoms with Crippen LogP contribution in [0.1, 0.15) is 6.42 Å². The van der Waals surface area contributed by atoms with Gasteiger partial charge in [0, 0.05) is 12.6 Å². The first-order chi connectivity index (χ1) is 7.72. The highest BCUT2D eigenvalue weighted by Gasteiger charge is 1.99. The van der Waals surface area contributed by atoms with E-state index in [4.69, 9.17) is 15.4 Å². The molecule has 0 aromatic heterocycles. The minimum atomic E-state index is -3.80. The molecular weight excluding hydrogens is 268 g/mol. The maximum atomic E-state index is 10.3. The van der Waals surface area contributed by atoms with E-state index in [0.29, 0.717) is 0 Å². The summed E-state index contributed by atoms with van der Waals surface area (Å²) in [5.41, 5.74) is 4.78. The van der Waals surface area contributed by atoms with Crippen LogP contribution < -0.4 is 11.9 Å². The third-order valence-corrected chi connectivity index (χ3v) is 1.85. The van der Waals surface area contributed by atoms with Crippen molar-refractivity contribution in [3.8, 4) is 0 Å². The van der Waals surface area contributed by atoms with E-state index < -0.39 is 22.1 Å². The minimum Gasteiger partial charge on any atom is -0.481 e. The maximum Gasteiger partial charge on any atom is 0.330 e. The zero-order chi connectivity index (χ0) is 13.9. The van der Waals surface area contributed by atoms with Crippen molar-refractivity contribution in [2.24, 2.45) is 5.73 Å². The summed E-state index contributed by atoms with van der Waals surface area (Å²) in [7, 11) is -3.80. The van der Waals surface area contributed by atoms with Crippen LogP contribution in [0.3, 0.4) is 0 Å². The van der Waals surface area contributed by atoms with E-state index in [-0.39, 0.29) is 31.5 Å². The Morgan fingerprint density at radius 3 is 2.11 bits per heavy atom. The molecule has 0 unspecified atom stereocenters. The van der Waals surface area contributed by atoms with Crippen LogP contribution in [0.5, 0.6) is 0 Å². The van der Waals surface area contributed by atoms with E-state index in [1.807, 2.05) is 0 Å². The Morgan fingerprint density at radius 2 is 1.89 bits per heavy atom. The second-order valence-electron chi connectivity index (χ2n) is 2.59. The first-order valence-electron chi connectivity index (χ1n) is 4.39. The van der Waals surface area contributed by atoms with E-state index in [2.05, 4.69) is 11.3 Å². The first kappa shape index (κ1) is 21.8. The molecule has 10 heteroatoms. The number of ether oxygens (including phenoxy) is 1. The Kier molecular flexibility index (Phi) is 14.5. The second kappa shape index (κ2) is 12.0. The fourth-order valence-electron chi connectivity index (χ4n) is 0.447. The normalized spacial score (nSPS) is 9.22. The standard InChI is InChI=1S/C6H8O4.C2H7NO3S.H3N/c1-2-6(9)10-4-3-5(7)8;3-1-2-7(4,5)6;/h2H,1,3-4H2,(H,7,8);1-3H2,(H,4,5,6);1H3. The number of carbonyl (C=O) groups is 2. The van der Waals surface area contributed by atoms with Crippen LogP contribution in [0.2, 0.25) is 0 Å². The lowest BCUT2D eigenvalue weighted by Gasteiger charge is -1.96. The summed E-state index contributed by atoms with van der Waals surface area (Å²) < 4.78 is 31.7. The van der Waals surface area contributed by atoms with E-state index >= 15 is 0 Å². The summed E-state index contributed by atoms with van der Waals surface area (Å²) in [6, 6.07) is 0. The highest BCUT2D eigenvalue weighted by atomic mass is 32.2. The smallest absolute Gasteiger partial charge is 0.330 e. The van der Waals surface area contributed by atoms with Gasteiger partial charge < -0.3 is 21.7 Å². The molecule has 0 saturated carbocycles. The summed E-state index contributed by atoms with van der Waals surface area (Å²) >= 11 is 0. The van der Waals surface area contributed by atoms with Gasteiger partial charge in [0.2, 0.25) is 0 Å². The third-order valence-electron chi connectivity index (χ3n) is 1.10. The van der Waals surface area contributed by atoms with Crippen molar-refractivity contribution in [2.45, 2.75) is 6.42 Å². The summed E-state index contributed by atoms with van der Waals surface area (Å²) in [4.78, 5) is 20.1. The Balaban J connectivity index is -0.000000251. The Bertz CT molecular complexity index is 352. The van der Waals surface area contributed by atoms with Crippen LogP contribution in [0.25, 0.3) is 0 Å². The van der Waals surface area contributed by atoms with Gasteiger partial charge in [-0.05, 0) is 0 Å². The Hall–Kier alpha value is -1.49. The van der Waals surface area contributed by atoms with Gasteiger partial charge >= 0.3 is 11.9 Å². The molecule has 0 radical (unpaired) electrons. The molecule has 0 spiro atoms. The molecule has 0 rings (SSSR count). The van der Waals surface area contributed by atoms with Crippen molar-refractivity contribution in [1.82, 2.24) is 6.15 Å². The van der Waals surface area contributed by atoms with Crippen LogP contribution in [-0.4, -0.2) is 48.9 Å². The van der Waals surface area contributed by atoms with Gasteiger partial charge in [0.25, 0.3) is 10.1 Å². The van der Waals surface area contributed by atoms with Gasteiger partial charge in [-0.2, -0.15) is 8.42 Å². The minimum absolute atomic E-state index is 0. The van der Waals surface area contributed by atoms with Crippen molar-refractivity contribution in [3.05, 3.63) is 12.7 Å². The highest BCUT2D eigenvalue weighted by Crippen LogP contribution is 1.83. The lowest BCUT2D eigenvalue weighted by atomic mass is 10.5. The molecule has 0 fully saturated rings.